The second-order valence-electron chi connectivity index (χ2n) is 6.89. The Kier molecular flexibility index (Phi) is 11.4. The Morgan fingerprint density at radius 2 is 0.938 bits per heavy atom. The number of hydrogen-bond acceptors (Lipinski definition) is 1. The largest absolute Gasteiger partial charge is 0.496 e. The summed E-state index contributed by atoms with van der Waals surface area (Å²) in [6.07, 6.45) is 9.91. The molecule has 3 rings (SSSR count). The van der Waals surface area contributed by atoms with Gasteiger partial charge in [0.15, 0.2) is 0 Å². The van der Waals surface area contributed by atoms with Gasteiger partial charge in [0, 0.05) is 17.9 Å². The Morgan fingerprint density at radius 1 is 0.562 bits per heavy atom. The van der Waals surface area contributed by atoms with Gasteiger partial charge in [-0.25, -0.2) is 0 Å². The van der Waals surface area contributed by atoms with E-state index >= 15 is 0 Å². The van der Waals surface area contributed by atoms with E-state index in [0.717, 1.165) is 15.7 Å². The van der Waals surface area contributed by atoms with E-state index in [9.17, 15) is 0 Å². The van der Waals surface area contributed by atoms with Gasteiger partial charge >= 0.3 is 0 Å². The van der Waals surface area contributed by atoms with Gasteiger partial charge in [-0.3, -0.25) is 0 Å². The number of aryl methyl sites for hydroxylation is 1. The highest BCUT2D eigenvalue weighted by Crippen LogP contribution is 2.29. The van der Waals surface area contributed by atoms with Gasteiger partial charge in [0.05, 0.1) is 10.7 Å². The lowest BCUT2D eigenvalue weighted by Crippen LogP contribution is -1.92. The molecule has 0 heterocycles. The van der Waals surface area contributed by atoms with Crippen molar-refractivity contribution in [2.75, 3.05) is 7.11 Å². The van der Waals surface area contributed by atoms with Crippen molar-refractivity contribution in [2.45, 2.75) is 13.3 Å². The lowest BCUT2D eigenvalue weighted by atomic mass is 10.1. The molecular weight excluding hydrogens is 1080 g/mol. The van der Waals surface area contributed by atoms with Crippen LogP contribution in [-0.2, 0) is 6.42 Å². The number of hydrogen-bond donors (Lipinski definition) is 0. The third-order valence-electron chi connectivity index (χ3n) is 4.82. The van der Waals surface area contributed by atoms with E-state index in [-0.39, 0.29) is 0 Å². The third-order valence-corrected chi connectivity index (χ3v) is 10.4. The fourth-order valence-electron chi connectivity index (χ4n) is 3.02. The maximum absolute atomic E-state index is 5.43. The van der Waals surface area contributed by atoms with Crippen molar-refractivity contribution in [1.82, 2.24) is 0 Å². The molecule has 0 aliphatic carbocycles. The Hall–Kier alpha value is 1.32. The Labute approximate surface area is 271 Å². The first-order valence-electron chi connectivity index (χ1n) is 9.59. The summed E-state index contributed by atoms with van der Waals surface area (Å²) in [6, 6.07) is 13.4. The van der Waals surface area contributed by atoms with Crippen LogP contribution in [0.25, 0.3) is 24.3 Å². The van der Waals surface area contributed by atoms with E-state index in [4.69, 9.17) is 4.74 Å². The molecule has 0 fully saturated rings. The summed E-state index contributed by atoms with van der Waals surface area (Å²) < 4.78 is 12.8. The second kappa shape index (κ2) is 13.0. The molecule has 0 saturated carbocycles. The van der Waals surface area contributed by atoms with Crippen molar-refractivity contribution in [1.29, 1.82) is 0 Å². The van der Waals surface area contributed by atoms with E-state index in [2.05, 4.69) is 203 Å². The molecule has 166 valence electrons. The third kappa shape index (κ3) is 7.18. The van der Waals surface area contributed by atoms with Gasteiger partial charge in [-0.2, -0.15) is 0 Å². The van der Waals surface area contributed by atoms with Crippen LogP contribution in [0.4, 0.5) is 0 Å². The van der Waals surface area contributed by atoms with Crippen LogP contribution in [0.15, 0.2) is 36.4 Å². The highest BCUT2D eigenvalue weighted by Gasteiger charge is 2.08. The molecule has 32 heavy (non-hydrogen) atoms. The number of benzene rings is 3. The van der Waals surface area contributed by atoms with E-state index in [1.165, 1.54) is 45.7 Å². The van der Waals surface area contributed by atoms with Crippen LogP contribution >= 0.6 is 136 Å². The molecule has 0 aliphatic rings. The van der Waals surface area contributed by atoms with Gasteiger partial charge in [0.25, 0.3) is 0 Å². The number of methoxy groups -OCH3 is 1. The topological polar surface area (TPSA) is 9.23 Å². The molecule has 0 unspecified atom stereocenters. The van der Waals surface area contributed by atoms with Gasteiger partial charge < -0.3 is 4.74 Å². The van der Waals surface area contributed by atoms with Crippen LogP contribution in [0, 0.1) is 21.4 Å². The molecule has 0 radical (unpaired) electrons. The van der Waals surface area contributed by atoms with Crippen molar-refractivity contribution in [2.24, 2.45) is 0 Å². The first-order valence-corrected chi connectivity index (χ1v) is 16.1. The van der Waals surface area contributed by atoms with Gasteiger partial charge in [-0.05, 0) is 206 Å². The SMILES string of the molecule is CCc1cc(I)c(/C=C\c2cc(I)c(/C=C\c3cc(I)c(OC)cc3I)cc2I)cc1I. The highest BCUT2D eigenvalue weighted by molar-refractivity contribution is 14.1. The minimum Gasteiger partial charge on any atom is -0.496 e. The minimum atomic E-state index is 0.918. The number of ether oxygens (including phenoxy) is 1. The van der Waals surface area contributed by atoms with Crippen molar-refractivity contribution >= 4 is 160 Å². The summed E-state index contributed by atoms with van der Waals surface area (Å²) >= 11 is 14.4. The van der Waals surface area contributed by atoms with Gasteiger partial charge in [-0.15, -0.1) is 0 Å². The van der Waals surface area contributed by atoms with Gasteiger partial charge in [-0.1, -0.05) is 31.2 Å². The summed E-state index contributed by atoms with van der Waals surface area (Å²) in [6.45, 7) is 2.21. The molecule has 0 bridgehead atoms. The van der Waals surface area contributed by atoms with E-state index < -0.39 is 0 Å². The van der Waals surface area contributed by atoms with E-state index in [0.29, 0.717) is 0 Å². The Bertz CT molecular complexity index is 1120. The zero-order valence-electron chi connectivity index (χ0n) is 17.2. The molecule has 0 N–H and O–H groups in total. The van der Waals surface area contributed by atoms with E-state index in [1.807, 2.05) is 0 Å². The molecule has 1 nitrogen and oxygen atoms in total. The smallest absolute Gasteiger partial charge is 0.133 e. The molecule has 0 atom stereocenters. The van der Waals surface area contributed by atoms with Crippen LogP contribution in [0.3, 0.4) is 0 Å². The molecule has 0 spiro atoms. The summed E-state index contributed by atoms with van der Waals surface area (Å²) in [7, 11) is 1.71. The lowest BCUT2D eigenvalue weighted by Gasteiger charge is -2.08. The maximum Gasteiger partial charge on any atom is 0.133 e. The predicted octanol–water partition coefficient (Wildman–Crippen LogP) is 10.2. The van der Waals surface area contributed by atoms with Crippen molar-refractivity contribution in [3.05, 3.63) is 85.6 Å². The molecule has 0 amide bonds. The lowest BCUT2D eigenvalue weighted by molar-refractivity contribution is 0.411. The van der Waals surface area contributed by atoms with Crippen LogP contribution in [-0.4, -0.2) is 7.11 Å². The Morgan fingerprint density at radius 3 is 1.38 bits per heavy atom. The Balaban J connectivity index is 1.87. The fourth-order valence-corrected chi connectivity index (χ4v) is 7.28. The van der Waals surface area contributed by atoms with Crippen molar-refractivity contribution in [3.8, 4) is 5.75 Å². The first-order chi connectivity index (χ1) is 15.2. The van der Waals surface area contributed by atoms with Crippen LogP contribution in [0.1, 0.15) is 34.7 Å². The monoisotopic (exact) mass is 1100 g/mol. The average molecular weight is 1100 g/mol. The molecule has 7 heteroatoms. The molecule has 3 aromatic carbocycles. The molecule has 0 aromatic heterocycles. The van der Waals surface area contributed by atoms with Crippen LogP contribution < -0.4 is 4.74 Å². The summed E-state index contributed by atoms with van der Waals surface area (Å²) in [4.78, 5) is 0. The molecule has 3 aromatic rings. The standard InChI is InChI=1S/C25H18I6O/c1-3-14-8-20(27)15(9-19(14)26)4-5-16-10-22(29)17(11-21(16)28)6-7-18-12-24(31)25(32-2)13-23(18)30/h4-13H,3H2,1-2H3/b5-4-,7-6-. The average Bonchev–Trinajstić information content (AvgIpc) is 2.76. The molecule has 0 saturated heterocycles. The summed E-state index contributed by atoms with van der Waals surface area (Å²) in [5, 5.41) is 0. The van der Waals surface area contributed by atoms with Crippen LogP contribution in [0.2, 0.25) is 0 Å². The first kappa shape index (κ1) is 27.9. The second-order valence-corrected chi connectivity index (χ2v) is 13.9. The van der Waals surface area contributed by atoms with E-state index in [1.54, 1.807) is 7.11 Å². The molecule has 0 aliphatic heterocycles. The van der Waals surface area contributed by atoms with Crippen molar-refractivity contribution < 1.29 is 4.74 Å². The number of halogens is 6. The summed E-state index contributed by atoms with van der Waals surface area (Å²) in [5.41, 5.74) is 6.35. The maximum atomic E-state index is 5.43. The fraction of sp³-hybridized carbons (Fsp3) is 0.120. The molecular formula is C25H18I6O. The van der Waals surface area contributed by atoms with Gasteiger partial charge in [0.1, 0.15) is 5.75 Å². The predicted molar refractivity (Wildman–Crippen MR) is 189 cm³/mol. The minimum absolute atomic E-state index is 0.918. The van der Waals surface area contributed by atoms with Gasteiger partial charge in [0.2, 0.25) is 0 Å². The zero-order chi connectivity index (χ0) is 23.4. The van der Waals surface area contributed by atoms with Crippen LogP contribution in [0.5, 0.6) is 5.75 Å². The highest BCUT2D eigenvalue weighted by atomic mass is 127. The quantitative estimate of drug-likeness (QED) is 0.177. The zero-order valence-corrected chi connectivity index (χ0v) is 30.1. The summed E-state index contributed by atoms with van der Waals surface area (Å²) in [5.74, 6) is 0.918. The normalized spacial score (nSPS) is 11.6. The van der Waals surface area contributed by atoms with Crippen molar-refractivity contribution in [3.63, 3.8) is 0 Å². The number of rotatable bonds is 6.